The van der Waals surface area contributed by atoms with E-state index in [1.807, 2.05) is 16.9 Å². The van der Waals surface area contributed by atoms with Crippen molar-refractivity contribution in [2.24, 2.45) is 5.92 Å². The van der Waals surface area contributed by atoms with E-state index in [2.05, 4.69) is 0 Å². The molecule has 1 aliphatic carbocycles. The Balaban J connectivity index is 2.04. The maximum Gasteiger partial charge on any atom is 0.264 e. The predicted molar refractivity (Wildman–Crippen MR) is 68.2 cm³/mol. The van der Waals surface area contributed by atoms with E-state index >= 15 is 0 Å². The summed E-state index contributed by atoms with van der Waals surface area (Å²) in [6, 6.07) is 4.55. The number of hydrogen-bond acceptors (Lipinski definition) is 3. The highest BCUT2D eigenvalue weighted by molar-refractivity contribution is 7.90. The number of benzene rings is 1. The Morgan fingerprint density at radius 2 is 2.21 bits per heavy atom. The van der Waals surface area contributed by atoms with E-state index in [4.69, 9.17) is 0 Å². The zero-order valence-corrected chi connectivity index (χ0v) is 11.0. The Kier molecular flexibility index (Phi) is 3.99. The summed E-state index contributed by atoms with van der Waals surface area (Å²) in [4.78, 5) is 11.4. The molecular formula is C13H14FNO3S. The first-order valence-electron chi connectivity index (χ1n) is 5.95. The van der Waals surface area contributed by atoms with Crippen LogP contribution in [0.5, 0.6) is 0 Å². The van der Waals surface area contributed by atoms with Crippen LogP contribution in [-0.4, -0.2) is 14.3 Å². The van der Waals surface area contributed by atoms with Gasteiger partial charge in [0.1, 0.15) is 5.82 Å². The topological polar surface area (TPSA) is 63.2 Å². The molecule has 19 heavy (non-hydrogen) atoms. The molecule has 1 aliphatic rings. The molecule has 0 bridgehead atoms. The fraction of sp³-hybridized carbons (Fsp3) is 0.308. The number of hydrogen-bond donors (Lipinski definition) is 1. The molecule has 4 nitrogen and oxygen atoms in total. The summed E-state index contributed by atoms with van der Waals surface area (Å²) in [5.74, 6) is -1.14. The zero-order valence-electron chi connectivity index (χ0n) is 10.2. The third kappa shape index (κ3) is 3.64. The van der Waals surface area contributed by atoms with Gasteiger partial charge in [-0.05, 0) is 37.0 Å². The molecule has 0 radical (unpaired) electrons. The van der Waals surface area contributed by atoms with Crippen molar-refractivity contribution < 1.29 is 17.6 Å². The summed E-state index contributed by atoms with van der Waals surface area (Å²) < 4.78 is 38.6. The normalized spacial score (nSPS) is 18.5. The van der Waals surface area contributed by atoms with Crippen molar-refractivity contribution in [2.75, 3.05) is 0 Å². The van der Waals surface area contributed by atoms with E-state index in [-0.39, 0.29) is 17.2 Å². The van der Waals surface area contributed by atoms with Gasteiger partial charge in [0.15, 0.2) is 0 Å². The molecule has 1 amide bonds. The maximum atomic E-state index is 13.0. The molecule has 0 heterocycles. The molecule has 0 aliphatic heterocycles. The van der Waals surface area contributed by atoms with E-state index in [9.17, 15) is 17.6 Å². The molecule has 0 saturated carbocycles. The van der Waals surface area contributed by atoms with Gasteiger partial charge in [0.05, 0.1) is 4.90 Å². The van der Waals surface area contributed by atoms with Gasteiger partial charge in [-0.25, -0.2) is 17.5 Å². The van der Waals surface area contributed by atoms with Gasteiger partial charge < -0.3 is 0 Å². The second kappa shape index (κ2) is 5.52. The molecule has 6 heteroatoms. The van der Waals surface area contributed by atoms with Gasteiger partial charge in [-0.1, -0.05) is 18.2 Å². The molecule has 1 aromatic rings. The van der Waals surface area contributed by atoms with Crippen LogP contribution in [0.25, 0.3) is 0 Å². The molecule has 0 saturated heterocycles. The summed E-state index contributed by atoms with van der Waals surface area (Å²) in [7, 11) is -3.99. The van der Waals surface area contributed by atoms with Gasteiger partial charge in [0, 0.05) is 6.42 Å². The van der Waals surface area contributed by atoms with Crippen molar-refractivity contribution in [1.82, 2.24) is 4.72 Å². The lowest BCUT2D eigenvalue weighted by Crippen LogP contribution is -2.31. The number of carbonyl (C=O) groups is 1. The molecular weight excluding hydrogens is 269 g/mol. The molecule has 0 aromatic heterocycles. The molecule has 1 unspecified atom stereocenters. The summed E-state index contributed by atoms with van der Waals surface area (Å²) >= 11 is 0. The number of halogens is 1. The molecule has 1 N–H and O–H groups in total. The van der Waals surface area contributed by atoms with Crippen LogP contribution in [-0.2, 0) is 14.8 Å². The van der Waals surface area contributed by atoms with Crippen molar-refractivity contribution in [3.05, 3.63) is 42.2 Å². The smallest absolute Gasteiger partial charge is 0.264 e. The minimum Gasteiger partial charge on any atom is -0.274 e. The lowest BCUT2D eigenvalue weighted by Gasteiger charge is -2.09. The van der Waals surface area contributed by atoms with E-state index < -0.39 is 21.7 Å². The Morgan fingerprint density at radius 3 is 2.84 bits per heavy atom. The first-order valence-corrected chi connectivity index (χ1v) is 7.43. The van der Waals surface area contributed by atoms with E-state index in [1.54, 1.807) is 0 Å². The Labute approximate surface area is 111 Å². The van der Waals surface area contributed by atoms with Crippen molar-refractivity contribution in [2.45, 2.75) is 24.2 Å². The second-order valence-corrected chi connectivity index (χ2v) is 6.14. The Hall–Kier alpha value is -1.69. The standard InChI is InChI=1S/C13H14FNO3S/c14-11-6-3-7-12(9-11)19(17,18)15-13(16)8-10-4-1-2-5-10/h1,3-4,6-7,9-10H,2,5,8H2,(H,15,16). The molecule has 0 spiro atoms. The largest absolute Gasteiger partial charge is 0.274 e. The van der Waals surface area contributed by atoms with Crippen molar-refractivity contribution in [1.29, 1.82) is 0 Å². The van der Waals surface area contributed by atoms with Crippen molar-refractivity contribution in [3.63, 3.8) is 0 Å². The molecule has 102 valence electrons. The molecule has 1 aromatic carbocycles. The third-order valence-electron chi connectivity index (χ3n) is 2.91. The minimum atomic E-state index is -3.99. The highest BCUT2D eigenvalue weighted by Crippen LogP contribution is 2.20. The van der Waals surface area contributed by atoms with Gasteiger partial charge >= 0.3 is 0 Å². The number of allylic oxidation sites excluding steroid dienone is 2. The number of rotatable bonds is 4. The van der Waals surface area contributed by atoms with Gasteiger partial charge in [-0.2, -0.15) is 0 Å². The maximum absolute atomic E-state index is 13.0. The van der Waals surface area contributed by atoms with Gasteiger partial charge in [0.2, 0.25) is 5.91 Å². The van der Waals surface area contributed by atoms with Gasteiger partial charge in [-0.15, -0.1) is 0 Å². The Morgan fingerprint density at radius 1 is 1.42 bits per heavy atom. The highest BCUT2D eigenvalue weighted by Gasteiger charge is 2.20. The second-order valence-electron chi connectivity index (χ2n) is 4.46. The third-order valence-corrected chi connectivity index (χ3v) is 4.29. The SMILES string of the molecule is O=C(CC1C=CCC1)NS(=O)(=O)c1cccc(F)c1. The lowest BCUT2D eigenvalue weighted by atomic mass is 10.1. The van der Waals surface area contributed by atoms with E-state index in [0.717, 1.165) is 25.0 Å². The van der Waals surface area contributed by atoms with Crippen LogP contribution in [0.15, 0.2) is 41.3 Å². The number of carbonyl (C=O) groups excluding carboxylic acids is 1. The van der Waals surface area contributed by atoms with E-state index in [0.29, 0.717) is 0 Å². The summed E-state index contributed by atoms with van der Waals surface area (Å²) in [6.45, 7) is 0. The number of sulfonamides is 1. The molecule has 0 fully saturated rings. The average Bonchev–Trinajstić information content (AvgIpc) is 2.81. The first kappa shape index (κ1) is 13.7. The highest BCUT2D eigenvalue weighted by atomic mass is 32.2. The number of nitrogens with one attached hydrogen (secondary N) is 1. The van der Waals surface area contributed by atoms with Crippen LogP contribution in [0.2, 0.25) is 0 Å². The summed E-state index contributed by atoms with van der Waals surface area (Å²) in [5.41, 5.74) is 0. The van der Waals surface area contributed by atoms with Crippen molar-refractivity contribution >= 4 is 15.9 Å². The number of amides is 1. The van der Waals surface area contributed by atoms with Crippen LogP contribution in [0.4, 0.5) is 4.39 Å². The molecule has 2 rings (SSSR count). The summed E-state index contributed by atoms with van der Waals surface area (Å²) in [6.07, 6.45) is 5.78. The fourth-order valence-corrected chi connectivity index (χ4v) is 3.01. The van der Waals surface area contributed by atoms with Gasteiger partial charge in [0.25, 0.3) is 10.0 Å². The molecule has 1 atom stereocenters. The van der Waals surface area contributed by atoms with Crippen LogP contribution >= 0.6 is 0 Å². The Bertz CT molecular complexity index is 610. The van der Waals surface area contributed by atoms with Gasteiger partial charge in [-0.3, -0.25) is 4.79 Å². The monoisotopic (exact) mass is 283 g/mol. The lowest BCUT2D eigenvalue weighted by molar-refractivity contribution is -0.119. The zero-order chi connectivity index (χ0) is 13.9. The van der Waals surface area contributed by atoms with Crippen LogP contribution in [0.1, 0.15) is 19.3 Å². The first-order chi connectivity index (χ1) is 8.97. The van der Waals surface area contributed by atoms with Crippen LogP contribution < -0.4 is 4.72 Å². The average molecular weight is 283 g/mol. The van der Waals surface area contributed by atoms with Crippen LogP contribution in [0, 0.1) is 11.7 Å². The minimum absolute atomic E-state index is 0.0858. The van der Waals surface area contributed by atoms with Crippen LogP contribution in [0.3, 0.4) is 0 Å². The fourth-order valence-electron chi connectivity index (χ4n) is 1.99. The van der Waals surface area contributed by atoms with E-state index in [1.165, 1.54) is 12.1 Å². The summed E-state index contributed by atoms with van der Waals surface area (Å²) in [5, 5.41) is 0. The van der Waals surface area contributed by atoms with Crippen molar-refractivity contribution in [3.8, 4) is 0 Å². The quantitative estimate of drug-likeness (QED) is 0.859. The predicted octanol–water partition coefficient (Wildman–Crippen LogP) is 1.99.